The summed E-state index contributed by atoms with van der Waals surface area (Å²) >= 11 is 0. The van der Waals surface area contributed by atoms with Crippen molar-refractivity contribution < 1.29 is 9.53 Å². The molecule has 3 aromatic rings. The van der Waals surface area contributed by atoms with Gasteiger partial charge in [-0.25, -0.2) is 4.68 Å². The van der Waals surface area contributed by atoms with Crippen molar-refractivity contribution in [1.29, 1.82) is 0 Å². The Morgan fingerprint density at radius 1 is 1.09 bits per heavy atom. The van der Waals surface area contributed by atoms with Gasteiger partial charge < -0.3 is 15.4 Å². The lowest BCUT2D eigenvalue weighted by molar-refractivity contribution is -0.113. The minimum Gasteiger partial charge on any atom is -0.494 e. The Morgan fingerprint density at radius 2 is 1.88 bits per heavy atom. The predicted octanol–water partition coefficient (Wildman–Crippen LogP) is 5.78. The maximum Gasteiger partial charge on any atom is 0.255 e. The molecule has 1 aliphatic rings. The average molecular weight is 460 g/mol. The monoisotopic (exact) mass is 459 g/mol. The van der Waals surface area contributed by atoms with Gasteiger partial charge in [-0.1, -0.05) is 56.0 Å². The molecule has 34 heavy (non-hydrogen) atoms. The van der Waals surface area contributed by atoms with E-state index in [1.54, 1.807) is 4.68 Å². The van der Waals surface area contributed by atoms with Gasteiger partial charge in [0.2, 0.25) is 5.95 Å². The largest absolute Gasteiger partial charge is 0.494 e. The van der Waals surface area contributed by atoms with Gasteiger partial charge in [0.05, 0.1) is 12.2 Å². The van der Waals surface area contributed by atoms with Crippen LogP contribution in [0.3, 0.4) is 0 Å². The topological polar surface area (TPSA) is 81.1 Å². The third-order valence-electron chi connectivity index (χ3n) is 6.13. The van der Waals surface area contributed by atoms with Crippen LogP contribution in [0.15, 0.2) is 60.1 Å². The van der Waals surface area contributed by atoms with Crippen LogP contribution >= 0.6 is 0 Å². The molecule has 0 aliphatic carbocycles. The Kier molecular flexibility index (Phi) is 7.30. The van der Waals surface area contributed by atoms with E-state index in [9.17, 15) is 4.79 Å². The highest BCUT2D eigenvalue weighted by Gasteiger charge is 2.33. The van der Waals surface area contributed by atoms with E-state index in [0.717, 1.165) is 40.2 Å². The Hall–Kier alpha value is -3.61. The summed E-state index contributed by atoms with van der Waals surface area (Å²) in [5.41, 5.74) is 5.27. The maximum absolute atomic E-state index is 13.5. The van der Waals surface area contributed by atoms with Crippen molar-refractivity contribution in [1.82, 2.24) is 14.8 Å². The number of benzene rings is 2. The fraction of sp³-hybridized carbons (Fsp3) is 0.370. The highest BCUT2D eigenvalue weighted by Crippen LogP contribution is 2.36. The highest BCUT2D eigenvalue weighted by molar-refractivity contribution is 6.06. The number of hydrogen-bond acceptors (Lipinski definition) is 5. The number of ether oxygens (including phenoxy) is 1. The Balaban J connectivity index is 1.58. The lowest BCUT2D eigenvalue weighted by Gasteiger charge is -2.29. The lowest BCUT2D eigenvalue weighted by atomic mass is 9.94. The van der Waals surface area contributed by atoms with Gasteiger partial charge in [-0.3, -0.25) is 4.79 Å². The van der Waals surface area contributed by atoms with E-state index in [1.165, 1.54) is 25.6 Å². The number of fused-ring (bicyclic) bond motifs is 1. The first kappa shape index (κ1) is 23.5. The number of anilines is 2. The van der Waals surface area contributed by atoms with Crippen LogP contribution in [-0.4, -0.2) is 27.3 Å². The van der Waals surface area contributed by atoms with Crippen LogP contribution in [-0.2, 0) is 4.79 Å². The van der Waals surface area contributed by atoms with Crippen molar-refractivity contribution in [2.24, 2.45) is 0 Å². The molecule has 7 heteroatoms. The molecule has 1 aliphatic heterocycles. The van der Waals surface area contributed by atoms with Crippen LogP contribution in [0.1, 0.15) is 62.3 Å². The summed E-state index contributed by atoms with van der Waals surface area (Å²) < 4.78 is 7.66. The predicted molar refractivity (Wildman–Crippen MR) is 135 cm³/mol. The summed E-state index contributed by atoms with van der Waals surface area (Å²) in [6.07, 6.45) is 6.18. The van der Waals surface area contributed by atoms with Gasteiger partial charge in [-0.2, -0.15) is 10.1 Å². The summed E-state index contributed by atoms with van der Waals surface area (Å²) in [4.78, 5) is 17.8. The summed E-state index contributed by atoms with van der Waals surface area (Å²) in [5, 5.41) is 10.7. The minimum atomic E-state index is -0.400. The van der Waals surface area contributed by atoms with E-state index in [-0.39, 0.29) is 5.91 Å². The molecule has 1 aromatic heterocycles. The second-order valence-corrected chi connectivity index (χ2v) is 8.85. The molecule has 0 unspecified atom stereocenters. The Labute approximate surface area is 201 Å². The van der Waals surface area contributed by atoms with Crippen LogP contribution in [0.2, 0.25) is 0 Å². The standard InChI is InChI=1S/C27H33N5O2/c1-5-6-7-8-15-34-22-12-10-21(11-13-22)25-24(20(4)30-27-28-17-29-32(25)27)26(33)31-23-14-9-18(2)16-19(23)3/h9-14,16-17,25H,5-8,15H2,1-4H3,(H,31,33)(H,28,29,30)/t25-/m0/s1. The molecule has 0 saturated heterocycles. The number of allylic oxidation sites excluding steroid dienone is 1. The molecule has 1 atom stereocenters. The molecular weight excluding hydrogens is 426 g/mol. The van der Waals surface area contributed by atoms with Crippen molar-refractivity contribution in [2.45, 2.75) is 59.4 Å². The minimum absolute atomic E-state index is 0.167. The number of hydrogen-bond donors (Lipinski definition) is 2. The molecule has 4 rings (SSSR count). The van der Waals surface area contributed by atoms with Gasteiger partial charge in [0.1, 0.15) is 18.1 Å². The number of aryl methyl sites for hydroxylation is 2. The smallest absolute Gasteiger partial charge is 0.255 e. The van der Waals surface area contributed by atoms with Crippen LogP contribution < -0.4 is 15.4 Å². The summed E-state index contributed by atoms with van der Waals surface area (Å²) in [6.45, 7) is 8.85. The van der Waals surface area contributed by atoms with Gasteiger partial charge in [0, 0.05) is 11.4 Å². The van der Waals surface area contributed by atoms with Crippen LogP contribution in [0.25, 0.3) is 0 Å². The summed E-state index contributed by atoms with van der Waals surface area (Å²) in [5.74, 6) is 1.27. The third kappa shape index (κ3) is 5.14. The van der Waals surface area contributed by atoms with E-state index < -0.39 is 6.04 Å². The van der Waals surface area contributed by atoms with Crippen LogP contribution in [0, 0.1) is 13.8 Å². The second kappa shape index (κ2) is 10.5. The van der Waals surface area contributed by atoms with Crippen molar-refractivity contribution >= 4 is 17.5 Å². The van der Waals surface area contributed by atoms with E-state index >= 15 is 0 Å². The van der Waals surface area contributed by atoms with Gasteiger partial charge in [-0.05, 0) is 56.5 Å². The van der Waals surface area contributed by atoms with Crippen LogP contribution in [0.5, 0.6) is 5.75 Å². The average Bonchev–Trinajstić information content (AvgIpc) is 3.28. The molecule has 2 aromatic carbocycles. The lowest BCUT2D eigenvalue weighted by Crippen LogP contribution is -2.31. The molecule has 0 radical (unpaired) electrons. The van der Waals surface area contributed by atoms with Crippen molar-refractivity contribution in [3.8, 4) is 5.75 Å². The van der Waals surface area contributed by atoms with Crippen molar-refractivity contribution in [3.05, 3.63) is 76.8 Å². The Morgan fingerprint density at radius 3 is 2.62 bits per heavy atom. The molecule has 2 heterocycles. The number of nitrogens with zero attached hydrogens (tertiary/aromatic N) is 3. The molecule has 1 amide bonds. The van der Waals surface area contributed by atoms with E-state index in [2.05, 4.69) is 33.7 Å². The van der Waals surface area contributed by atoms with Gasteiger partial charge in [0.15, 0.2) is 0 Å². The van der Waals surface area contributed by atoms with Crippen LogP contribution in [0.4, 0.5) is 11.6 Å². The summed E-state index contributed by atoms with van der Waals surface area (Å²) in [7, 11) is 0. The first-order valence-corrected chi connectivity index (χ1v) is 12.0. The zero-order valence-electron chi connectivity index (χ0n) is 20.4. The number of unbranched alkanes of at least 4 members (excludes halogenated alkanes) is 3. The Bertz CT molecular complexity index is 1180. The molecule has 0 saturated carbocycles. The molecule has 0 spiro atoms. The zero-order chi connectivity index (χ0) is 24.1. The molecular formula is C27H33N5O2. The number of amides is 1. The number of carbonyl (C=O) groups excluding carboxylic acids is 1. The first-order chi connectivity index (χ1) is 16.5. The van der Waals surface area contributed by atoms with E-state index in [1.807, 2.05) is 57.2 Å². The fourth-order valence-corrected chi connectivity index (χ4v) is 4.30. The molecule has 178 valence electrons. The van der Waals surface area contributed by atoms with Crippen molar-refractivity contribution in [2.75, 3.05) is 17.2 Å². The third-order valence-corrected chi connectivity index (χ3v) is 6.13. The normalized spacial score (nSPS) is 15.0. The van der Waals surface area contributed by atoms with Gasteiger partial charge in [-0.15, -0.1) is 0 Å². The SMILES string of the molecule is CCCCCCOc1ccc([C@H]2C(C(=O)Nc3ccc(C)cc3C)=C(C)Nc3ncnn32)cc1. The second-order valence-electron chi connectivity index (χ2n) is 8.85. The molecule has 7 nitrogen and oxygen atoms in total. The van der Waals surface area contributed by atoms with Gasteiger partial charge in [0.25, 0.3) is 5.91 Å². The highest BCUT2D eigenvalue weighted by atomic mass is 16.5. The molecule has 0 fully saturated rings. The van der Waals surface area contributed by atoms with Crippen molar-refractivity contribution in [3.63, 3.8) is 0 Å². The first-order valence-electron chi connectivity index (χ1n) is 12.0. The quantitative estimate of drug-likeness (QED) is 0.396. The molecule has 2 N–H and O–H groups in total. The van der Waals surface area contributed by atoms with E-state index in [0.29, 0.717) is 18.1 Å². The summed E-state index contributed by atoms with van der Waals surface area (Å²) in [6, 6.07) is 13.5. The zero-order valence-corrected chi connectivity index (χ0v) is 20.4. The number of nitrogens with one attached hydrogen (secondary N) is 2. The maximum atomic E-state index is 13.5. The number of aromatic nitrogens is 3. The number of rotatable bonds is 9. The van der Waals surface area contributed by atoms with Gasteiger partial charge >= 0.3 is 0 Å². The fourth-order valence-electron chi connectivity index (χ4n) is 4.30. The molecule has 0 bridgehead atoms. The number of carbonyl (C=O) groups is 1. The van der Waals surface area contributed by atoms with E-state index in [4.69, 9.17) is 4.74 Å².